The molecule has 0 bridgehead atoms. The lowest BCUT2D eigenvalue weighted by Gasteiger charge is -2.08. The van der Waals surface area contributed by atoms with Crippen molar-refractivity contribution in [2.75, 3.05) is 19.6 Å². The van der Waals surface area contributed by atoms with Crippen LogP contribution >= 0.6 is 0 Å². The normalized spacial score (nSPS) is 17.1. The molecule has 6 nitrogen and oxygen atoms in total. The summed E-state index contributed by atoms with van der Waals surface area (Å²) in [6.45, 7) is 1.36. The first-order valence-electron chi connectivity index (χ1n) is 6.82. The van der Waals surface area contributed by atoms with Crippen LogP contribution in [0.1, 0.15) is 22.3 Å². The van der Waals surface area contributed by atoms with Crippen molar-refractivity contribution in [1.29, 1.82) is 0 Å². The van der Waals surface area contributed by atoms with Gasteiger partial charge in [0.15, 0.2) is 0 Å². The first-order valence-corrected chi connectivity index (χ1v) is 6.82. The van der Waals surface area contributed by atoms with Crippen LogP contribution in [0.15, 0.2) is 24.3 Å². The Labute approximate surface area is 130 Å². The van der Waals surface area contributed by atoms with Crippen molar-refractivity contribution in [2.45, 2.75) is 18.7 Å². The van der Waals surface area contributed by atoms with Gasteiger partial charge in [-0.05, 0) is 31.2 Å². The van der Waals surface area contributed by atoms with E-state index in [0.29, 0.717) is 6.07 Å². The fourth-order valence-electron chi connectivity index (χ4n) is 1.75. The predicted molar refractivity (Wildman–Crippen MR) is 76.5 cm³/mol. The Morgan fingerprint density at radius 1 is 1.39 bits per heavy atom. The van der Waals surface area contributed by atoms with E-state index in [-0.39, 0.29) is 11.7 Å². The third kappa shape index (κ3) is 7.11. The fraction of sp³-hybridized carbons (Fsp3) is 0.429. The molecule has 128 valence electrons. The van der Waals surface area contributed by atoms with Crippen LogP contribution in [0.2, 0.25) is 0 Å². The highest BCUT2D eigenvalue weighted by molar-refractivity contribution is 5.96. The lowest BCUT2D eigenvalue weighted by molar-refractivity contribution is -0.137. The van der Waals surface area contributed by atoms with Gasteiger partial charge in [-0.3, -0.25) is 9.59 Å². The zero-order valence-corrected chi connectivity index (χ0v) is 12.2. The molecule has 1 fully saturated rings. The van der Waals surface area contributed by atoms with E-state index in [2.05, 4.69) is 10.6 Å². The maximum atomic E-state index is 12.3. The predicted octanol–water partition coefficient (Wildman–Crippen LogP) is 0.261. The molecule has 9 heteroatoms. The molecule has 1 heterocycles. The van der Waals surface area contributed by atoms with Crippen LogP contribution in [0.5, 0.6) is 0 Å². The van der Waals surface area contributed by atoms with Gasteiger partial charge in [0.25, 0.3) is 5.91 Å². The Bertz CT molecular complexity index is 544. The van der Waals surface area contributed by atoms with Gasteiger partial charge in [-0.15, -0.1) is 0 Å². The maximum Gasteiger partial charge on any atom is 0.416 e. The van der Waals surface area contributed by atoms with E-state index in [4.69, 9.17) is 10.8 Å². The molecule has 2 rings (SSSR count). The monoisotopic (exact) mass is 333 g/mol. The summed E-state index contributed by atoms with van der Waals surface area (Å²) < 4.78 is 37.0. The van der Waals surface area contributed by atoms with E-state index < -0.39 is 30.1 Å². The molecule has 1 aromatic carbocycles. The van der Waals surface area contributed by atoms with Gasteiger partial charge < -0.3 is 21.5 Å². The van der Waals surface area contributed by atoms with E-state index in [9.17, 15) is 22.8 Å². The molecule has 1 atom stereocenters. The number of hydrogen-bond donors (Lipinski definition) is 4. The van der Waals surface area contributed by atoms with Gasteiger partial charge in [-0.1, -0.05) is 6.07 Å². The Morgan fingerprint density at radius 2 is 2.09 bits per heavy atom. The number of alkyl halides is 3. The minimum absolute atomic E-state index is 0.0648. The lowest BCUT2D eigenvalue weighted by Crippen LogP contribution is -2.33. The molecule has 1 saturated heterocycles. The second-order valence-electron chi connectivity index (χ2n) is 4.87. The second-order valence-corrected chi connectivity index (χ2v) is 4.87. The number of carbonyl (C=O) groups is 2. The number of β-amino-alcohol motifs (C(OH)–C–C–N with tert-alkyl or cyclic N) is 1. The van der Waals surface area contributed by atoms with Crippen LogP contribution in [0.3, 0.4) is 0 Å². The average Bonchev–Trinajstić information content (AvgIpc) is 2.95. The van der Waals surface area contributed by atoms with Gasteiger partial charge in [0.2, 0.25) is 5.91 Å². The van der Waals surface area contributed by atoms with E-state index >= 15 is 0 Å². The van der Waals surface area contributed by atoms with Crippen LogP contribution in [-0.2, 0) is 11.0 Å². The molecule has 0 spiro atoms. The van der Waals surface area contributed by atoms with Gasteiger partial charge in [-0.2, -0.15) is 13.2 Å². The molecule has 23 heavy (non-hydrogen) atoms. The number of primary amides is 1. The molecule has 0 saturated carbocycles. The van der Waals surface area contributed by atoms with Crippen molar-refractivity contribution < 1.29 is 27.9 Å². The summed E-state index contributed by atoms with van der Waals surface area (Å²) in [6.07, 6.45) is -3.65. The molecule has 0 aliphatic carbocycles. The summed E-state index contributed by atoms with van der Waals surface area (Å²) >= 11 is 0. The van der Waals surface area contributed by atoms with Gasteiger partial charge in [0.05, 0.1) is 18.2 Å². The Hall–Kier alpha value is -2.13. The van der Waals surface area contributed by atoms with Crippen LogP contribution in [-0.4, -0.2) is 42.7 Å². The molecular weight excluding hydrogens is 315 g/mol. The van der Waals surface area contributed by atoms with Gasteiger partial charge in [-0.25, -0.2) is 0 Å². The summed E-state index contributed by atoms with van der Waals surface area (Å²) in [7, 11) is 0. The van der Waals surface area contributed by atoms with Crippen LogP contribution < -0.4 is 16.4 Å². The van der Waals surface area contributed by atoms with Crippen molar-refractivity contribution >= 4 is 11.8 Å². The van der Waals surface area contributed by atoms with Crippen LogP contribution in [0.4, 0.5) is 13.2 Å². The highest BCUT2D eigenvalue weighted by atomic mass is 19.4. The number of amides is 2. The SMILES string of the molecule is NC(=O)CNC(=O)c1cccc(C(F)(F)F)c1.OC1CCNC1. The van der Waals surface area contributed by atoms with Crippen molar-refractivity contribution in [1.82, 2.24) is 10.6 Å². The highest BCUT2D eigenvalue weighted by Gasteiger charge is 2.30. The number of benzene rings is 1. The van der Waals surface area contributed by atoms with E-state index in [1.807, 2.05) is 0 Å². The quantitative estimate of drug-likeness (QED) is 0.637. The number of nitrogens with two attached hydrogens (primary N) is 1. The maximum absolute atomic E-state index is 12.3. The zero-order chi connectivity index (χ0) is 17.5. The summed E-state index contributed by atoms with van der Waals surface area (Å²) in [4.78, 5) is 21.7. The van der Waals surface area contributed by atoms with Gasteiger partial charge in [0, 0.05) is 12.1 Å². The molecule has 1 aliphatic heterocycles. The standard InChI is InChI=1S/C10H9F3N2O2.C4H9NO/c11-10(12,13)7-3-1-2-6(4-7)9(17)15-5-8(14)16;6-4-1-2-5-3-4/h1-4H,5H2,(H2,14,16)(H,15,17);4-6H,1-3H2. The average molecular weight is 333 g/mol. The largest absolute Gasteiger partial charge is 0.416 e. The minimum atomic E-state index is -4.51. The first-order chi connectivity index (χ1) is 10.7. The molecule has 2 amide bonds. The summed E-state index contributed by atoms with van der Waals surface area (Å²) in [5.41, 5.74) is 3.68. The number of nitrogens with one attached hydrogen (secondary N) is 2. The Balaban J connectivity index is 0.000000366. The van der Waals surface area contributed by atoms with Crippen LogP contribution in [0, 0.1) is 0 Å². The van der Waals surface area contributed by atoms with E-state index in [1.165, 1.54) is 6.07 Å². The number of halogens is 3. The molecular formula is C14H18F3N3O3. The van der Waals surface area contributed by atoms with Gasteiger partial charge in [0.1, 0.15) is 0 Å². The topological polar surface area (TPSA) is 104 Å². The van der Waals surface area contributed by atoms with Crippen molar-refractivity contribution in [3.63, 3.8) is 0 Å². The molecule has 0 radical (unpaired) electrons. The van der Waals surface area contributed by atoms with Crippen molar-refractivity contribution in [2.24, 2.45) is 5.73 Å². The molecule has 0 aromatic heterocycles. The van der Waals surface area contributed by atoms with E-state index in [0.717, 1.165) is 31.6 Å². The lowest BCUT2D eigenvalue weighted by atomic mass is 10.1. The number of carbonyl (C=O) groups excluding carboxylic acids is 2. The minimum Gasteiger partial charge on any atom is -0.392 e. The van der Waals surface area contributed by atoms with E-state index in [1.54, 1.807) is 0 Å². The number of hydrogen-bond acceptors (Lipinski definition) is 4. The smallest absolute Gasteiger partial charge is 0.392 e. The molecule has 5 N–H and O–H groups in total. The molecule has 1 aliphatic rings. The first kappa shape index (κ1) is 18.9. The third-order valence-electron chi connectivity index (χ3n) is 2.91. The summed E-state index contributed by atoms with van der Waals surface area (Å²) in [6, 6.07) is 3.88. The summed E-state index contributed by atoms with van der Waals surface area (Å²) in [5.74, 6) is -1.56. The van der Waals surface area contributed by atoms with Crippen molar-refractivity contribution in [3.05, 3.63) is 35.4 Å². The number of rotatable bonds is 3. The Morgan fingerprint density at radius 3 is 2.52 bits per heavy atom. The number of aliphatic hydroxyl groups is 1. The summed E-state index contributed by atoms with van der Waals surface area (Å²) in [5, 5.41) is 13.8. The highest BCUT2D eigenvalue weighted by Crippen LogP contribution is 2.29. The Kier molecular flexibility index (Phi) is 6.98. The zero-order valence-electron chi connectivity index (χ0n) is 12.2. The number of aliphatic hydroxyl groups excluding tert-OH is 1. The molecule has 1 aromatic rings. The third-order valence-corrected chi connectivity index (χ3v) is 2.91. The second kappa shape index (κ2) is 8.49. The van der Waals surface area contributed by atoms with Crippen molar-refractivity contribution in [3.8, 4) is 0 Å². The van der Waals surface area contributed by atoms with Crippen LogP contribution in [0.25, 0.3) is 0 Å². The molecule has 1 unspecified atom stereocenters. The van der Waals surface area contributed by atoms with Gasteiger partial charge >= 0.3 is 6.18 Å². The fourth-order valence-corrected chi connectivity index (χ4v) is 1.75.